The minimum atomic E-state index is -0.541. The number of carbonyl (C=O) groups excluding carboxylic acids is 2. The van der Waals surface area contributed by atoms with Crippen LogP contribution in [0.15, 0.2) is 11.6 Å². The van der Waals surface area contributed by atoms with Crippen LogP contribution in [0.25, 0.3) is 0 Å². The Hall–Kier alpha value is -1.32. The molecule has 0 N–H and O–H groups in total. The lowest BCUT2D eigenvalue weighted by Gasteiger charge is -2.57. The van der Waals surface area contributed by atoms with Gasteiger partial charge in [0, 0.05) is 11.8 Å². The maximum absolute atomic E-state index is 11.9. The highest BCUT2D eigenvalue weighted by atomic mass is 16.7. The average Bonchev–Trinajstić information content (AvgIpc) is 2.92. The Morgan fingerprint density at radius 3 is 2.64 bits per heavy atom. The molecule has 4 rings (SSSR count). The van der Waals surface area contributed by atoms with E-state index in [9.17, 15) is 9.59 Å². The molecule has 3 fully saturated rings. The molecular weight excluding hydrogens is 316 g/mol. The van der Waals surface area contributed by atoms with Gasteiger partial charge in [0.05, 0.1) is 7.11 Å². The van der Waals surface area contributed by atoms with Crippen LogP contribution in [-0.2, 0) is 14.3 Å². The van der Waals surface area contributed by atoms with Gasteiger partial charge < -0.3 is 9.47 Å². The largest absolute Gasteiger partial charge is 0.508 e. The van der Waals surface area contributed by atoms with Gasteiger partial charge in [-0.2, -0.15) is 0 Å². The number of carbonyl (C=O) groups is 2. The molecule has 0 aromatic carbocycles. The molecule has 0 radical (unpaired) electrons. The van der Waals surface area contributed by atoms with Gasteiger partial charge in [0.25, 0.3) is 0 Å². The van der Waals surface area contributed by atoms with Gasteiger partial charge in [-0.1, -0.05) is 19.4 Å². The second kappa shape index (κ2) is 5.85. The number of rotatable bonds is 1. The molecular formula is C21H30O4. The molecule has 0 spiro atoms. The van der Waals surface area contributed by atoms with Crippen LogP contribution in [0.2, 0.25) is 0 Å². The molecule has 3 unspecified atom stereocenters. The number of hydrogen-bond acceptors (Lipinski definition) is 4. The lowest BCUT2D eigenvalue weighted by atomic mass is 9.47. The Balaban J connectivity index is 1.59. The van der Waals surface area contributed by atoms with Crippen LogP contribution in [-0.4, -0.2) is 25.2 Å². The molecule has 0 heterocycles. The average molecular weight is 346 g/mol. The van der Waals surface area contributed by atoms with E-state index in [-0.39, 0.29) is 16.9 Å². The topological polar surface area (TPSA) is 52.6 Å². The molecule has 0 saturated heterocycles. The van der Waals surface area contributed by atoms with Gasteiger partial charge in [-0.3, -0.25) is 4.79 Å². The van der Waals surface area contributed by atoms with Crippen LogP contribution < -0.4 is 0 Å². The second-order valence-corrected chi connectivity index (χ2v) is 9.15. The first-order valence-corrected chi connectivity index (χ1v) is 9.87. The van der Waals surface area contributed by atoms with Crippen molar-refractivity contribution in [1.82, 2.24) is 0 Å². The summed E-state index contributed by atoms with van der Waals surface area (Å²) in [5.74, 6) is 2.31. The second-order valence-electron chi connectivity index (χ2n) is 9.15. The fourth-order valence-electron chi connectivity index (χ4n) is 6.87. The van der Waals surface area contributed by atoms with Crippen LogP contribution in [0.4, 0.5) is 4.79 Å². The Labute approximate surface area is 150 Å². The van der Waals surface area contributed by atoms with Crippen LogP contribution in [0.1, 0.15) is 65.2 Å². The first-order valence-electron chi connectivity index (χ1n) is 9.87. The van der Waals surface area contributed by atoms with E-state index in [1.54, 1.807) is 0 Å². The minimum Gasteiger partial charge on any atom is -0.438 e. The molecule has 0 amide bonds. The third-order valence-electron chi connectivity index (χ3n) is 8.28. The fourth-order valence-corrected chi connectivity index (χ4v) is 6.87. The summed E-state index contributed by atoms with van der Waals surface area (Å²) in [6, 6.07) is 0. The van der Waals surface area contributed by atoms with E-state index in [2.05, 4.69) is 13.8 Å². The van der Waals surface area contributed by atoms with Gasteiger partial charge in [-0.15, -0.1) is 0 Å². The summed E-state index contributed by atoms with van der Waals surface area (Å²) in [5, 5.41) is 0. The summed E-state index contributed by atoms with van der Waals surface area (Å²) in [4.78, 5) is 23.5. The lowest BCUT2D eigenvalue weighted by Crippen LogP contribution is -2.51. The molecule has 4 heteroatoms. The smallest absolute Gasteiger partial charge is 0.438 e. The van der Waals surface area contributed by atoms with E-state index >= 15 is 0 Å². The molecule has 3 saturated carbocycles. The fraction of sp³-hybridized carbons (Fsp3) is 0.810. The summed E-state index contributed by atoms with van der Waals surface area (Å²) < 4.78 is 10.4. The predicted octanol–water partition coefficient (Wildman–Crippen LogP) is 4.67. The number of ketones is 1. The number of fused-ring (bicyclic) bond motifs is 5. The Kier molecular flexibility index (Phi) is 4.01. The summed E-state index contributed by atoms with van der Waals surface area (Å²) in [5.41, 5.74) is 1.70. The monoisotopic (exact) mass is 346 g/mol. The first-order chi connectivity index (χ1) is 11.9. The molecule has 0 aromatic rings. The van der Waals surface area contributed by atoms with Crippen molar-refractivity contribution in [3.63, 3.8) is 0 Å². The van der Waals surface area contributed by atoms with E-state index in [1.807, 2.05) is 6.08 Å². The van der Waals surface area contributed by atoms with Crippen molar-refractivity contribution in [2.75, 3.05) is 7.11 Å². The summed E-state index contributed by atoms with van der Waals surface area (Å²) in [6.07, 6.45) is 9.78. The lowest BCUT2D eigenvalue weighted by molar-refractivity contribution is -0.118. The molecule has 4 aliphatic carbocycles. The van der Waals surface area contributed by atoms with Gasteiger partial charge in [-0.05, 0) is 74.2 Å². The first kappa shape index (κ1) is 17.1. The number of hydrogen-bond donors (Lipinski definition) is 0. The van der Waals surface area contributed by atoms with E-state index in [0.717, 1.165) is 32.1 Å². The maximum atomic E-state index is 11.9. The molecule has 4 nitrogen and oxygen atoms in total. The highest BCUT2D eigenvalue weighted by Crippen LogP contribution is 2.65. The molecule has 0 bridgehead atoms. The summed E-state index contributed by atoms with van der Waals surface area (Å²) in [6.45, 7) is 4.73. The van der Waals surface area contributed by atoms with E-state index < -0.39 is 6.16 Å². The van der Waals surface area contributed by atoms with Crippen molar-refractivity contribution in [3.05, 3.63) is 11.6 Å². The third kappa shape index (κ3) is 2.47. The number of allylic oxidation sites excluding steroid dienone is 1. The number of methoxy groups -OCH3 is 1. The maximum Gasteiger partial charge on any atom is 0.508 e. The molecule has 4 aliphatic rings. The molecule has 25 heavy (non-hydrogen) atoms. The van der Waals surface area contributed by atoms with Crippen LogP contribution in [0.5, 0.6) is 0 Å². The Morgan fingerprint density at radius 1 is 1.08 bits per heavy atom. The Bertz CT molecular complexity index is 623. The summed E-state index contributed by atoms with van der Waals surface area (Å²) in [7, 11) is 1.38. The molecule has 138 valence electrons. The van der Waals surface area contributed by atoms with Crippen molar-refractivity contribution in [2.24, 2.45) is 28.6 Å². The van der Waals surface area contributed by atoms with Crippen molar-refractivity contribution < 1.29 is 19.1 Å². The molecule has 0 aromatic heterocycles. The standard InChI is InChI=1S/C21H30O4/c1-20-10-8-14(22)12-13(20)4-5-15-16-6-7-18(25-19(23)24-3)21(16,2)11-9-17(15)20/h12,15-18H,4-11H2,1-3H3/t15?,16?,17?,18-,20-,21-/m0/s1. The van der Waals surface area contributed by atoms with E-state index in [4.69, 9.17) is 9.47 Å². The van der Waals surface area contributed by atoms with E-state index in [1.165, 1.54) is 25.5 Å². The zero-order valence-corrected chi connectivity index (χ0v) is 15.7. The van der Waals surface area contributed by atoms with Gasteiger partial charge in [-0.25, -0.2) is 4.79 Å². The molecule has 6 atom stereocenters. The van der Waals surface area contributed by atoms with Gasteiger partial charge >= 0.3 is 6.16 Å². The van der Waals surface area contributed by atoms with Crippen molar-refractivity contribution in [1.29, 1.82) is 0 Å². The van der Waals surface area contributed by atoms with E-state index in [0.29, 0.717) is 30.0 Å². The minimum absolute atomic E-state index is 0.0106. The summed E-state index contributed by atoms with van der Waals surface area (Å²) >= 11 is 0. The van der Waals surface area contributed by atoms with Crippen LogP contribution >= 0.6 is 0 Å². The Morgan fingerprint density at radius 2 is 1.88 bits per heavy atom. The van der Waals surface area contributed by atoms with Crippen LogP contribution in [0.3, 0.4) is 0 Å². The quantitative estimate of drug-likeness (QED) is 0.647. The van der Waals surface area contributed by atoms with Crippen molar-refractivity contribution in [2.45, 2.75) is 71.3 Å². The number of ether oxygens (including phenoxy) is 2. The highest BCUT2D eigenvalue weighted by Gasteiger charge is 2.60. The molecule has 0 aliphatic heterocycles. The highest BCUT2D eigenvalue weighted by molar-refractivity contribution is 5.91. The predicted molar refractivity (Wildman–Crippen MR) is 94.0 cm³/mol. The normalized spacial score (nSPS) is 45.7. The third-order valence-corrected chi connectivity index (χ3v) is 8.28. The van der Waals surface area contributed by atoms with Gasteiger partial charge in [0.1, 0.15) is 6.10 Å². The SMILES string of the molecule is COC(=O)O[C@H]1CCC2C3CCC4=CC(=O)CC[C@]4(C)C3CC[C@@]21C. The zero-order valence-electron chi connectivity index (χ0n) is 15.7. The van der Waals surface area contributed by atoms with Crippen LogP contribution in [0, 0.1) is 28.6 Å². The zero-order chi connectivity index (χ0) is 17.8. The van der Waals surface area contributed by atoms with Crippen molar-refractivity contribution >= 4 is 11.9 Å². The van der Waals surface area contributed by atoms with Gasteiger partial charge in [0.2, 0.25) is 0 Å². The van der Waals surface area contributed by atoms with Crippen molar-refractivity contribution in [3.8, 4) is 0 Å². The van der Waals surface area contributed by atoms with Gasteiger partial charge in [0.15, 0.2) is 5.78 Å².